The number of rotatable bonds is 2. The summed E-state index contributed by atoms with van der Waals surface area (Å²) in [5, 5.41) is 23.4. The van der Waals surface area contributed by atoms with Crippen LogP contribution in [0.25, 0.3) is 0 Å². The zero-order valence-corrected chi connectivity index (χ0v) is 9.84. The Bertz CT molecular complexity index is 395. The van der Waals surface area contributed by atoms with Gasteiger partial charge in [0.15, 0.2) is 0 Å². The summed E-state index contributed by atoms with van der Waals surface area (Å²) in [6, 6.07) is 8.19. The lowest BCUT2D eigenvalue weighted by Crippen LogP contribution is -2.39. The molecule has 3 atom stereocenters. The van der Waals surface area contributed by atoms with Crippen molar-refractivity contribution >= 4 is 0 Å². The number of fused-ring (bicyclic) bond motifs is 2. The average molecular weight is 233 g/mol. The minimum Gasteiger partial charge on any atom is -0.508 e. The minimum atomic E-state index is -0.438. The van der Waals surface area contributed by atoms with Crippen molar-refractivity contribution in [3.8, 4) is 5.75 Å². The third kappa shape index (κ3) is 2.17. The molecule has 3 nitrogen and oxygen atoms in total. The number of piperidine rings is 1. The van der Waals surface area contributed by atoms with Crippen molar-refractivity contribution in [3.63, 3.8) is 0 Å². The van der Waals surface area contributed by atoms with Crippen LogP contribution in [0.3, 0.4) is 0 Å². The highest BCUT2D eigenvalue weighted by molar-refractivity contribution is 5.29. The van der Waals surface area contributed by atoms with Gasteiger partial charge in [-0.1, -0.05) is 12.1 Å². The van der Waals surface area contributed by atoms with E-state index in [0.717, 1.165) is 18.4 Å². The summed E-state index contributed by atoms with van der Waals surface area (Å²) in [5.41, 5.74) is 0.844. The van der Waals surface area contributed by atoms with Crippen LogP contribution in [-0.2, 0) is 0 Å². The van der Waals surface area contributed by atoms with E-state index in [1.54, 1.807) is 18.2 Å². The van der Waals surface area contributed by atoms with Crippen LogP contribution in [0.4, 0.5) is 0 Å². The number of hydrogen-bond acceptors (Lipinski definition) is 3. The van der Waals surface area contributed by atoms with Crippen molar-refractivity contribution in [1.82, 2.24) is 5.32 Å². The predicted octanol–water partition coefficient (Wildman–Crippen LogP) is 1.96. The first kappa shape index (κ1) is 11.1. The molecule has 0 aliphatic carbocycles. The number of hydrogen-bond donors (Lipinski definition) is 3. The first-order chi connectivity index (χ1) is 8.22. The van der Waals surface area contributed by atoms with Crippen LogP contribution in [-0.4, -0.2) is 22.3 Å². The fourth-order valence-electron chi connectivity index (χ4n) is 3.34. The maximum Gasteiger partial charge on any atom is 0.115 e. The van der Waals surface area contributed by atoms with Crippen LogP contribution in [0.2, 0.25) is 0 Å². The number of aliphatic hydroxyl groups excluding tert-OH is 1. The molecule has 17 heavy (non-hydrogen) atoms. The standard InChI is InChI=1S/C14H19NO2/c16-13-3-1-2-9(8-13)14(17)10-6-11-4-5-12(7-10)15-11/h1-3,8,10-12,14-17H,4-7H2. The molecule has 3 unspecified atom stereocenters. The fourth-order valence-corrected chi connectivity index (χ4v) is 3.34. The third-order valence-corrected chi connectivity index (χ3v) is 4.17. The second-order valence-corrected chi connectivity index (χ2v) is 5.41. The molecule has 2 heterocycles. The van der Waals surface area contributed by atoms with E-state index in [9.17, 15) is 10.2 Å². The van der Waals surface area contributed by atoms with Crippen LogP contribution < -0.4 is 5.32 Å². The Morgan fingerprint density at radius 1 is 1.18 bits per heavy atom. The Labute approximate surface area is 101 Å². The fraction of sp³-hybridized carbons (Fsp3) is 0.571. The number of phenolic OH excluding ortho intramolecular Hbond substituents is 1. The largest absolute Gasteiger partial charge is 0.508 e. The summed E-state index contributed by atoms with van der Waals surface area (Å²) >= 11 is 0. The molecule has 3 rings (SSSR count). The Morgan fingerprint density at radius 3 is 2.53 bits per heavy atom. The van der Waals surface area contributed by atoms with Gasteiger partial charge in [0.1, 0.15) is 5.75 Å². The van der Waals surface area contributed by atoms with E-state index in [-0.39, 0.29) is 5.75 Å². The highest BCUT2D eigenvalue weighted by atomic mass is 16.3. The molecule has 0 amide bonds. The van der Waals surface area contributed by atoms with Crippen molar-refractivity contribution in [3.05, 3.63) is 29.8 Å². The van der Waals surface area contributed by atoms with Gasteiger partial charge in [0.25, 0.3) is 0 Å². The van der Waals surface area contributed by atoms with E-state index >= 15 is 0 Å². The second-order valence-electron chi connectivity index (χ2n) is 5.41. The molecule has 0 saturated carbocycles. The van der Waals surface area contributed by atoms with Gasteiger partial charge < -0.3 is 15.5 Å². The van der Waals surface area contributed by atoms with Crippen LogP contribution >= 0.6 is 0 Å². The molecular weight excluding hydrogens is 214 g/mol. The average Bonchev–Trinajstić information content (AvgIpc) is 2.67. The Morgan fingerprint density at radius 2 is 1.88 bits per heavy atom. The lowest BCUT2D eigenvalue weighted by atomic mass is 9.84. The van der Waals surface area contributed by atoms with Gasteiger partial charge in [-0.2, -0.15) is 0 Å². The van der Waals surface area contributed by atoms with Gasteiger partial charge in [0, 0.05) is 12.1 Å². The first-order valence-electron chi connectivity index (χ1n) is 6.45. The number of aromatic hydroxyl groups is 1. The molecule has 2 aliphatic rings. The first-order valence-corrected chi connectivity index (χ1v) is 6.45. The molecule has 3 heteroatoms. The summed E-state index contributed by atoms with van der Waals surface area (Å²) in [6.07, 6.45) is 4.15. The summed E-state index contributed by atoms with van der Waals surface area (Å²) in [4.78, 5) is 0. The summed E-state index contributed by atoms with van der Waals surface area (Å²) < 4.78 is 0. The molecule has 1 aromatic rings. The van der Waals surface area contributed by atoms with Gasteiger partial charge in [-0.15, -0.1) is 0 Å². The van der Waals surface area contributed by atoms with Gasteiger partial charge in [-0.25, -0.2) is 0 Å². The molecule has 2 saturated heterocycles. The highest BCUT2D eigenvalue weighted by Crippen LogP contribution is 2.38. The highest BCUT2D eigenvalue weighted by Gasteiger charge is 2.36. The van der Waals surface area contributed by atoms with Crippen molar-refractivity contribution in [2.24, 2.45) is 5.92 Å². The molecule has 0 spiro atoms. The van der Waals surface area contributed by atoms with Crippen LogP contribution in [0.15, 0.2) is 24.3 Å². The predicted molar refractivity (Wildman–Crippen MR) is 65.7 cm³/mol. The van der Waals surface area contributed by atoms with Crippen molar-refractivity contribution in [2.75, 3.05) is 0 Å². The van der Waals surface area contributed by atoms with E-state index in [2.05, 4.69) is 5.32 Å². The van der Waals surface area contributed by atoms with Gasteiger partial charge in [-0.3, -0.25) is 0 Å². The smallest absolute Gasteiger partial charge is 0.115 e. The number of benzene rings is 1. The Hall–Kier alpha value is -1.06. The van der Waals surface area contributed by atoms with Crippen LogP contribution in [0.5, 0.6) is 5.75 Å². The monoisotopic (exact) mass is 233 g/mol. The van der Waals surface area contributed by atoms with E-state index in [1.165, 1.54) is 12.8 Å². The van der Waals surface area contributed by atoms with Crippen LogP contribution in [0, 0.1) is 5.92 Å². The summed E-state index contributed by atoms with van der Waals surface area (Å²) in [7, 11) is 0. The summed E-state index contributed by atoms with van der Waals surface area (Å²) in [6.45, 7) is 0. The lowest BCUT2D eigenvalue weighted by molar-refractivity contribution is 0.0758. The van der Waals surface area contributed by atoms with Gasteiger partial charge in [0.05, 0.1) is 6.10 Å². The normalized spacial score (nSPS) is 33.6. The van der Waals surface area contributed by atoms with E-state index in [0.29, 0.717) is 18.0 Å². The zero-order chi connectivity index (χ0) is 11.8. The topological polar surface area (TPSA) is 52.5 Å². The van der Waals surface area contributed by atoms with Gasteiger partial charge in [0.2, 0.25) is 0 Å². The number of phenols is 1. The van der Waals surface area contributed by atoms with Gasteiger partial charge in [-0.05, 0) is 49.3 Å². The molecule has 2 aliphatic heterocycles. The zero-order valence-electron chi connectivity index (χ0n) is 9.84. The molecule has 0 aromatic heterocycles. The van der Waals surface area contributed by atoms with Crippen LogP contribution in [0.1, 0.15) is 37.4 Å². The SMILES string of the molecule is Oc1cccc(C(O)C2CC3CCC(C2)N3)c1. The molecule has 92 valence electrons. The van der Waals surface area contributed by atoms with Gasteiger partial charge >= 0.3 is 0 Å². The van der Waals surface area contributed by atoms with E-state index in [1.807, 2.05) is 6.07 Å². The Kier molecular flexibility index (Phi) is 2.81. The van der Waals surface area contributed by atoms with Crippen molar-refractivity contribution in [1.29, 1.82) is 0 Å². The number of nitrogens with one attached hydrogen (secondary N) is 1. The van der Waals surface area contributed by atoms with Crippen molar-refractivity contribution < 1.29 is 10.2 Å². The molecule has 2 bridgehead atoms. The lowest BCUT2D eigenvalue weighted by Gasteiger charge is -2.32. The van der Waals surface area contributed by atoms with E-state index in [4.69, 9.17) is 0 Å². The van der Waals surface area contributed by atoms with Crippen molar-refractivity contribution in [2.45, 2.75) is 43.9 Å². The quantitative estimate of drug-likeness (QED) is 0.732. The molecule has 3 N–H and O–H groups in total. The Balaban J connectivity index is 1.76. The van der Waals surface area contributed by atoms with E-state index < -0.39 is 6.10 Å². The molecule has 1 aromatic carbocycles. The minimum absolute atomic E-state index is 0.235. The summed E-state index contributed by atoms with van der Waals surface area (Å²) in [5.74, 6) is 0.564. The maximum absolute atomic E-state index is 10.4. The molecular formula is C14H19NO2. The second kappa shape index (κ2) is 4.31. The third-order valence-electron chi connectivity index (χ3n) is 4.17. The number of aliphatic hydroxyl groups is 1. The molecule has 0 radical (unpaired) electrons. The molecule has 2 fully saturated rings. The maximum atomic E-state index is 10.4.